The minimum atomic E-state index is 0.820. The van der Waals surface area contributed by atoms with E-state index in [1.165, 1.54) is 57.8 Å². The van der Waals surface area contributed by atoms with E-state index < -0.39 is 0 Å². The second kappa shape index (κ2) is 6.78. The molecule has 0 radical (unpaired) electrons. The third-order valence-electron chi connectivity index (χ3n) is 5.22. The van der Waals surface area contributed by atoms with E-state index in [9.17, 15) is 0 Å². The SMILES string of the molecule is CCNC(CC1CCCCC1)C1CCCC1C. The van der Waals surface area contributed by atoms with E-state index >= 15 is 0 Å². The van der Waals surface area contributed by atoms with Gasteiger partial charge >= 0.3 is 0 Å². The summed E-state index contributed by atoms with van der Waals surface area (Å²) in [6.45, 7) is 5.90. The third kappa shape index (κ3) is 3.71. The molecule has 100 valence electrons. The van der Waals surface area contributed by atoms with Gasteiger partial charge in [0.1, 0.15) is 0 Å². The number of rotatable bonds is 5. The van der Waals surface area contributed by atoms with Crippen molar-refractivity contribution in [3.05, 3.63) is 0 Å². The lowest BCUT2D eigenvalue weighted by Crippen LogP contribution is -2.39. The largest absolute Gasteiger partial charge is 0.314 e. The van der Waals surface area contributed by atoms with E-state index in [-0.39, 0.29) is 0 Å². The van der Waals surface area contributed by atoms with Gasteiger partial charge in [-0.15, -0.1) is 0 Å². The average molecular weight is 237 g/mol. The zero-order valence-corrected chi connectivity index (χ0v) is 11.9. The van der Waals surface area contributed by atoms with E-state index in [4.69, 9.17) is 0 Å². The van der Waals surface area contributed by atoms with Crippen LogP contribution in [0.3, 0.4) is 0 Å². The van der Waals surface area contributed by atoms with Crippen molar-refractivity contribution in [1.82, 2.24) is 5.32 Å². The highest BCUT2D eigenvalue weighted by atomic mass is 14.9. The topological polar surface area (TPSA) is 12.0 Å². The number of hydrogen-bond donors (Lipinski definition) is 1. The fourth-order valence-electron chi connectivity index (χ4n) is 4.23. The molecule has 2 aliphatic rings. The summed E-state index contributed by atoms with van der Waals surface area (Å²) in [5, 5.41) is 3.80. The van der Waals surface area contributed by atoms with Gasteiger partial charge in [-0.1, -0.05) is 58.8 Å². The predicted octanol–water partition coefficient (Wildman–Crippen LogP) is 4.37. The van der Waals surface area contributed by atoms with Crippen LogP contribution in [0.5, 0.6) is 0 Å². The molecule has 0 aromatic rings. The molecule has 0 heterocycles. The predicted molar refractivity (Wildman–Crippen MR) is 75.2 cm³/mol. The third-order valence-corrected chi connectivity index (χ3v) is 5.22. The summed E-state index contributed by atoms with van der Waals surface area (Å²) in [5.74, 6) is 2.96. The lowest BCUT2D eigenvalue weighted by Gasteiger charge is -2.32. The molecule has 3 unspecified atom stereocenters. The fourth-order valence-corrected chi connectivity index (χ4v) is 4.23. The van der Waals surface area contributed by atoms with Crippen LogP contribution in [0.1, 0.15) is 71.6 Å². The molecule has 1 nitrogen and oxygen atoms in total. The molecular formula is C16H31N. The maximum atomic E-state index is 3.80. The van der Waals surface area contributed by atoms with E-state index in [1.54, 1.807) is 0 Å². The molecule has 1 N–H and O–H groups in total. The molecule has 0 aromatic heterocycles. The van der Waals surface area contributed by atoms with Crippen LogP contribution in [-0.2, 0) is 0 Å². The Kier molecular flexibility index (Phi) is 5.34. The van der Waals surface area contributed by atoms with Crippen molar-refractivity contribution in [2.45, 2.75) is 77.7 Å². The molecule has 2 aliphatic carbocycles. The van der Waals surface area contributed by atoms with Crippen molar-refractivity contribution in [2.75, 3.05) is 6.54 Å². The van der Waals surface area contributed by atoms with Crippen molar-refractivity contribution >= 4 is 0 Å². The molecule has 0 aromatic carbocycles. The maximum absolute atomic E-state index is 3.80. The van der Waals surface area contributed by atoms with Gasteiger partial charge in [0.2, 0.25) is 0 Å². The summed E-state index contributed by atoms with van der Waals surface area (Å²) in [4.78, 5) is 0. The summed E-state index contributed by atoms with van der Waals surface area (Å²) >= 11 is 0. The lowest BCUT2D eigenvalue weighted by atomic mass is 9.79. The molecule has 0 amide bonds. The Hall–Kier alpha value is -0.0400. The Morgan fingerprint density at radius 1 is 1.00 bits per heavy atom. The first-order chi connectivity index (χ1) is 8.31. The second-order valence-corrected chi connectivity index (χ2v) is 6.48. The Bertz CT molecular complexity index is 208. The normalized spacial score (nSPS) is 32.8. The standard InChI is InChI=1S/C16H31N/c1-3-17-16(15-11-7-8-13(15)2)12-14-9-5-4-6-10-14/h13-17H,3-12H2,1-2H3. The molecule has 1 heteroatoms. The lowest BCUT2D eigenvalue weighted by molar-refractivity contribution is 0.226. The average Bonchev–Trinajstić information content (AvgIpc) is 2.76. The number of nitrogens with one attached hydrogen (secondary N) is 1. The van der Waals surface area contributed by atoms with Crippen LogP contribution < -0.4 is 5.32 Å². The summed E-state index contributed by atoms with van der Waals surface area (Å²) in [6.07, 6.45) is 13.4. The molecule has 3 atom stereocenters. The fraction of sp³-hybridized carbons (Fsp3) is 1.00. The highest BCUT2D eigenvalue weighted by Crippen LogP contribution is 2.37. The monoisotopic (exact) mass is 237 g/mol. The van der Waals surface area contributed by atoms with Crippen LogP contribution in [0, 0.1) is 17.8 Å². The molecule has 2 fully saturated rings. The Morgan fingerprint density at radius 2 is 1.76 bits per heavy atom. The van der Waals surface area contributed by atoms with E-state index in [0.717, 1.165) is 30.3 Å². The summed E-state index contributed by atoms with van der Waals surface area (Å²) < 4.78 is 0. The van der Waals surface area contributed by atoms with Crippen molar-refractivity contribution < 1.29 is 0 Å². The molecule has 2 saturated carbocycles. The first kappa shape index (κ1) is 13.4. The van der Waals surface area contributed by atoms with Crippen LogP contribution >= 0.6 is 0 Å². The van der Waals surface area contributed by atoms with Crippen LogP contribution in [-0.4, -0.2) is 12.6 Å². The van der Waals surface area contributed by atoms with Crippen LogP contribution in [0.4, 0.5) is 0 Å². The zero-order chi connectivity index (χ0) is 12.1. The first-order valence-corrected chi connectivity index (χ1v) is 8.04. The van der Waals surface area contributed by atoms with Gasteiger partial charge in [-0.25, -0.2) is 0 Å². The van der Waals surface area contributed by atoms with E-state index in [0.29, 0.717) is 0 Å². The van der Waals surface area contributed by atoms with Crippen LogP contribution in [0.25, 0.3) is 0 Å². The van der Waals surface area contributed by atoms with Gasteiger partial charge in [0.25, 0.3) is 0 Å². The molecule has 0 aliphatic heterocycles. The smallest absolute Gasteiger partial charge is 0.0100 e. The quantitative estimate of drug-likeness (QED) is 0.748. The van der Waals surface area contributed by atoms with Crippen LogP contribution in [0.15, 0.2) is 0 Å². The maximum Gasteiger partial charge on any atom is 0.0100 e. The van der Waals surface area contributed by atoms with Gasteiger partial charge in [-0.3, -0.25) is 0 Å². The van der Waals surface area contributed by atoms with Gasteiger partial charge in [0.15, 0.2) is 0 Å². The van der Waals surface area contributed by atoms with Crippen molar-refractivity contribution in [3.8, 4) is 0 Å². The van der Waals surface area contributed by atoms with Gasteiger partial charge in [0.05, 0.1) is 0 Å². The number of hydrogen-bond acceptors (Lipinski definition) is 1. The highest BCUT2D eigenvalue weighted by molar-refractivity contribution is 4.86. The molecule has 2 rings (SSSR count). The van der Waals surface area contributed by atoms with Crippen LogP contribution in [0.2, 0.25) is 0 Å². The second-order valence-electron chi connectivity index (χ2n) is 6.48. The molecule has 0 bridgehead atoms. The Balaban J connectivity index is 1.86. The highest BCUT2D eigenvalue weighted by Gasteiger charge is 2.32. The molecular weight excluding hydrogens is 206 g/mol. The van der Waals surface area contributed by atoms with Crippen molar-refractivity contribution in [1.29, 1.82) is 0 Å². The Morgan fingerprint density at radius 3 is 2.35 bits per heavy atom. The van der Waals surface area contributed by atoms with Crippen molar-refractivity contribution in [2.24, 2.45) is 17.8 Å². The molecule has 17 heavy (non-hydrogen) atoms. The minimum absolute atomic E-state index is 0.820. The summed E-state index contributed by atoms with van der Waals surface area (Å²) in [5.41, 5.74) is 0. The first-order valence-electron chi connectivity index (χ1n) is 8.04. The van der Waals surface area contributed by atoms with E-state index in [1.807, 2.05) is 0 Å². The van der Waals surface area contributed by atoms with Crippen molar-refractivity contribution in [3.63, 3.8) is 0 Å². The van der Waals surface area contributed by atoms with Gasteiger partial charge in [0, 0.05) is 6.04 Å². The van der Waals surface area contributed by atoms with Gasteiger partial charge < -0.3 is 5.32 Å². The Labute approximate surface area is 108 Å². The molecule has 0 saturated heterocycles. The zero-order valence-electron chi connectivity index (χ0n) is 11.9. The van der Waals surface area contributed by atoms with E-state index in [2.05, 4.69) is 19.2 Å². The molecule has 0 spiro atoms. The summed E-state index contributed by atoms with van der Waals surface area (Å²) in [6, 6.07) is 0.820. The van der Waals surface area contributed by atoms with Gasteiger partial charge in [-0.05, 0) is 37.1 Å². The summed E-state index contributed by atoms with van der Waals surface area (Å²) in [7, 11) is 0. The minimum Gasteiger partial charge on any atom is -0.314 e. The van der Waals surface area contributed by atoms with Gasteiger partial charge in [-0.2, -0.15) is 0 Å².